The summed E-state index contributed by atoms with van der Waals surface area (Å²) in [6.45, 7) is -12.8. The van der Waals surface area contributed by atoms with Gasteiger partial charge in [-0.1, -0.05) is 11.6 Å². The van der Waals surface area contributed by atoms with E-state index < -0.39 is 38.6 Å². The minimum absolute atomic E-state index is 0.243. The first kappa shape index (κ1) is 6.37. The number of nitrogens with zero attached hydrogens (tertiary/aromatic N) is 1. The van der Waals surface area contributed by atoms with Crippen LogP contribution in [0, 0.1) is 0 Å². The van der Waals surface area contributed by atoms with E-state index in [1.165, 1.54) is 24.3 Å². The predicted molar refractivity (Wildman–Crippen MR) is 71.0 cm³/mol. The Bertz CT molecular complexity index is 657. The fraction of sp³-hybridized carbons (Fsp3) is 0.462. The monoisotopic (exact) mass is 276 g/mol. The molecule has 1 fully saturated rings. The summed E-state index contributed by atoms with van der Waals surface area (Å²) >= 11 is 5.73. The first-order valence-corrected chi connectivity index (χ1v) is 5.62. The Morgan fingerprint density at radius 2 is 2.06 bits per heavy atom. The summed E-state index contributed by atoms with van der Waals surface area (Å²) in [6.07, 6.45) is 0. The maximum Gasteiger partial charge on any atom is 0.251 e. The second kappa shape index (κ2) is 6.73. The van der Waals surface area contributed by atoms with Gasteiger partial charge in [-0.05, 0) is 24.3 Å². The number of rotatable bonds is 4. The van der Waals surface area contributed by atoms with E-state index in [9.17, 15) is 4.79 Å². The van der Waals surface area contributed by atoms with Gasteiger partial charge < -0.3 is 10.1 Å². The topological polar surface area (TPSA) is 41.6 Å². The first-order valence-electron chi connectivity index (χ1n) is 9.24. The molecule has 1 amide bonds. The third-order valence-electron chi connectivity index (χ3n) is 2.19. The van der Waals surface area contributed by atoms with Crippen molar-refractivity contribution in [1.29, 1.82) is 0 Å². The Morgan fingerprint density at radius 3 is 2.72 bits per heavy atom. The van der Waals surface area contributed by atoms with Gasteiger partial charge in [-0.3, -0.25) is 9.69 Å². The minimum Gasteiger partial charge on any atom is -0.379 e. The molecule has 0 aromatic heterocycles. The van der Waals surface area contributed by atoms with Crippen LogP contribution in [0.3, 0.4) is 0 Å². The zero-order valence-corrected chi connectivity index (χ0v) is 10.1. The summed E-state index contributed by atoms with van der Waals surface area (Å²) < 4.78 is 66.2. The predicted octanol–water partition coefficient (Wildman–Crippen LogP) is 1.40. The maximum atomic E-state index is 12.0. The molecule has 0 atom stereocenters. The second-order valence-electron chi connectivity index (χ2n) is 3.44. The number of hydrogen-bond donors (Lipinski definition) is 1. The number of hydrogen-bond acceptors (Lipinski definition) is 3. The van der Waals surface area contributed by atoms with Crippen molar-refractivity contribution in [3.8, 4) is 0 Å². The van der Waals surface area contributed by atoms with Gasteiger partial charge in [-0.15, -0.1) is 0 Å². The van der Waals surface area contributed by atoms with E-state index >= 15 is 0 Å². The molecule has 5 heteroatoms. The van der Waals surface area contributed by atoms with Crippen LogP contribution in [0.4, 0.5) is 0 Å². The third kappa shape index (κ3) is 3.98. The summed E-state index contributed by atoms with van der Waals surface area (Å²) in [7, 11) is 0. The van der Waals surface area contributed by atoms with Gasteiger partial charge in [0.1, 0.15) is 0 Å². The molecule has 0 spiro atoms. The second-order valence-corrected chi connectivity index (χ2v) is 3.88. The van der Waals surface area contributed by atoms with E-state index in [0.29, 0.717) is 9.92 Å². The summed E-state index contributed by atoms with van der Waals surface area (Å²) in [6, 6.07) is 5.97. The van der Waals surface area contributed by atoms with Crippen molar-refractivity contribution in [2.45, 2.75) is 0 Å². The van der Waals surface area contributed by atoms with Crippen molar-refractivity contribution in [3.63, 3.8) is 0 Å². The van der Waals surface area contributed by atoms with Crippen molar-refractivity contribution in [3.05, 3.63) is 34.9 Å². The molecular weight excluding hydrogens is 252 g/mol. The fourth-order valence-corrected chi connectivity index (χ4v) is 1.43. The number of morpholine rings is 1. The van der Waals surface area contributed by atoms with E-state index in [4.69, 9.17) is 22.6 Å². The zero-order valence-electron chi connectivity index (χ0n) is 17.4. The van der Waals surface area contributed by atoms with Crippen LogP contribution < -0.4 is 5.32 Å². The van der Waals surface area contributed by atoms with Crippen LogP contribution in [0.15, 0.2) is 24.3 Å². The van der Waals surface area contributed by atoms with Gasteiger partial charge >= 0.3 is 0 Å². The lowest BCUT2D eigenvalue weighted by Gasteiger charge is -2.26. The van der Waals surface area contributed by atoms with E-state index in [2.05, 4.69) is 10.1 Å². The van der Waals surface area contributed by atoms with Crippen LogP contribution in [-0.2, 0) is 4.74 Å². The van der Waals surface area contributed by atoms with E-state index in [1.54, 1.807) is 0 Å². The van der Waals surface area contributed by atoms with Crippen molar-refractivity contribution >= 4 is 17.5 Å². The lowest BCUT2D eigenvalue weighted by Crippen LogP contribution is -2.41. The highest BCUT2D eigenvalue weighted by molar-refractivity contribution is 6.30. The Morgan fingerprint density at radius 1 is 1.39 bits per heavy atom. The van der Waals surface area contributed by atoms with Crippen LogP contribution in [0.1, 0.15) is 21.3 Å². The van der Waals surface area contributed by atoms with Crippen molar-refractivity contribution in [2.24, 2.45) is 0 Å². The molecule has 1 saturated heterocycles. The number of nitrogens with one attached hydrogen (secondary N) is 1. The molecule has 4 nitrogen and oxygen atoms in total. The average Bonchev–Trinajstić information content (AvgIpc) is 2.49. The Hall–Kier alpha value is -1.10. The van der Waals surface area contributed by atoms with Gasteiger partial charge in [0.15, 0.2) is 0 Å². The molecular formula is C13H17ClN2O2. The molecule has 98 valence electrons. The maximum absolute atomic E-state index is 12.0. The summed E-state index contributed by atoms with van der Waals surface area (Å²) in [5.74, 6) is -0.512. The van der Waals surface area contributed by atoms with Gasteiger partial charge in [-0.2, -0.15) is 0 Å². The number of ether oxygens (including phenoxy) is 1. The Kier molecular flexibility index (Phi) is 2.38. The lowest BCUT2D eigenvalue weighted by molar-refractivity contribution is 0.0383. The largest absolute Gasteiger partial charge is 0.379 e. The van der Waals surface area contributed by atoms with Crippen LogP contribution in [0.5, 0.6) is 0 Å². The van der Waals surface area contributed by atoms with Gasteiger partial charge in [0.2, 0.25) is 0 Å². The van der Waals surface area contributed by atoms with Crippen LogP contribution in [0.2, 0.25) is 5.02 Å². The number of amides is 1. The summed E-state index contributed by atoms with van der Waals surface area (Å²) in [5.41, 5.74) is 0.285. The Labute approximate surface area is 123 Å². The highest BCUT2D eigenvalue weighted by Gasteiger charge is 2.10. The zero-order chi connectivity index (χ0) is 20.0. The third-order valence-corrected chi connectivity index (χ3v) is 2.44. The molecule has 0 radical (unpaired) electrons. The van der Waals surface area contributed by atoms with Crippen LogP contribution in [0.25, 0.3) is 0 Å². The molecule has 0 aliphatic carbocycles. The molecule has 1 aliphatic rings. The summed E-state index contributed by atoms with van der Waals surface area (Å²) in [4.78, 5) is 12.4. The van der Waals surface area contributed by atoms with Gasteiger partial charge in [0.05, 0.1) is 18.6 Å². The van der Waals surface area contributed by atoms with Crippen molar-refractivity contribution < 1.29 is 20.5 Å². The SMILES string of the molecule is [2H]C1([2H])OC([2H])([2H])C([2H])([2H])N(CCNC(=O)c2ccc(Cl)cc2)C1([2H])[2H]. The van der Waals surface area contributed by atoms with Gasteiger partial charge in [-0.25, -0.2) is 0 Å². The van der Waals surface area contributed by atoms with E-state index in [0.717, 1.165) is 0 Å². The molecule has 0 unspecified atom stereocenters. The Balaban J connectivity index is 2.12. The van der Waals surface area contributed by atoms with Gasteiger partial charge in [0.25, 0.3) is 5.91 Å². The first-order chi connectivity index (χ1) is 11.7. The molecule has 1 N–H and O–H groups in total. The number of carbonyl (C=O) groups excluding carboxylic acids is 1. The number of carbonyl (C=O) groups is 1. The van der Waals surface area contributed by atoms with Crippen molar-refractivity contribution in [1.82, 2.24) is 10.2 Å². The quantitative estimate of drug-likeness (QED) is 0.904. The smallest absolute Gasteiger partial charge is 0.251 e. The normalized spacial score (nSPS) is 34.3. The number of benzene rings is 1. The molecule has 1 aromatic rings. The highest BCUT2D eigenvalue weighted by atomic mass is 35.5. The fourth-order valence-electron chi connectivity index (χ4n) is 1.31. The molecule has 1 heterocycles. The summed E-state index contributed by atoms with van der Waals surface area (Å²) in [5, 5.41) is 2.90. The van der Waals surface area contributed by atoms with Crippen LogP contribution >= 0.6 is 11.6 Å². The molecule has 18 heavy (non-hydrogen) atoms. The lowest BCUT2D eigenvalue weighted by atomic mass is 10.2. The molecule has 0 saturated carbocycles. The van der Waals surface area contributed by atoms with Gasteiger partial charge in [0, 0.05) is 42.2 Å². The minimum atomic E-state index is -3.09. The molecule has 0 bridgehead atoms. The van der Waals surface area contributed by atoms with E-state index in [1.807, 2.05) is 0 Å². The standard InChI is InChI=1S/C13H17ClN2O2/c14-12-3-1-11(2-4-12)13(17)15-5-6-16-7-9-18-10-8-16/h1-4H,5-10H2,(H,15,17)/i7D2,8D2,9D2,10D2. The molecule has 2 rings (SSSR count). The molecule has 1 aliphatic heterocycles. The number of halogens is 1. The van der Waals surface area contributed by atoms with E-state index in [-0.39, 0.29) is 12.1 Å². The van der Waals surface area contributed by atoms with Crippen molar-refractivity contribution in [2.75, 3.05) is 39.2 Å². The average molecular weight is 277 g/mol. The molecule has 1 aromatic carbocycles. The van der Waals surface area contributed by atoms with Crippen LogP contribution in [-0.4, -0.2) is 50.0 Å². The highest BCUT2D eigenvalue weighted by Crippen LogP contribution is 2.09.